The third-order valence-corrected chi connectivity index (χ3v) is 6.46. The molecule has 1 fully saturated rings. The number of carbonyl (C=O) groups excluding carboxylic acids is 2. The first-order valence-corrected chi connectivity index (χ1v) is 11.3. The lowest BCUT2D eigenvalue weighted by atomic mass is 10.1. The number of hydrogen-bond donors (Lipinski definition) is 4. The molecule has 33 heavy (non-hydrogen) atoms. The summed E-state index contributed by atoms with van der Waals surface area (Å²) in [5.74, 6) is -1.44. The van der Waals surface area contributed by atoms with Crippen LogP contribution in [0.3, 0.4) is 0 Å². The highest BCUT2D eigenvalue weighted by atomic mass is 32.2. The molecule has 178 valence electrons. The van der Waals surface area contributed by atoms with E-state index in [9.17, 15) is 35.6 Å². The Hall–Kier alpha value is -3.35. The van der Waals surface area contributed by atoms with Gasteiger partial charge < -0.3 is 16.0 Å². The Kier molecular flexibility index (Phi) is 7.10. The van der Waals surface area contributed by atoms with Crippen molar-refractivity contribution >= 4 is 33.5 Å². The monoisotopic (exact) mass is 488 g/mol. The van der Waals surface area contributed by atoms with Gasteiger partial charge in [-0.05, 0) is 55.2 Å². The molecule has 1 aliphatic rings. The SMILES string of the molecule is O=C(Nc1ccc(CCNC(=O)NS(=O)(=O)C2CC2)cc1)Nc1ccc(F)c(C(F)(F)F)c1. The van der Waals surface area contributed by atoms with E-state index >= 15 is 0 Å². The summed E-state index contributed by atoms with van der Waals surface area (Å²) < 4.78 is 76.9. The van der Waals surface area contributed by atoms with Gasteiger partial charge in [0.25, 0.3) is 0 Å². The third kappa shape index (κ3) is 7.07. The first-order chi connectivity index (χ1) is 15.4. The van der Waals surface area contributed by atoms with E-state index in [1.54, 1.807) is 24.3 Å². The second kappa shape index (κ2) is 9.65. The molecule has 8 nitrogen and oxygen atoms in total. The van der Waals surface area contributed by atoms with Crippen molar-refractivity contribution in [1.82, 2.24) is 10.0 Å². The van der Waals surface area contributed by atoms with Gasteiger partial charge in [-0.15, -0.1) is 0 Å². The molecule has 0 aromatic heterocycles. The largest absolute Gasteiger partial charge is 0.419 e. The Morgan fingerprint density at radius 3 is 2.15 bits per heavy atom. The third-order valence-electron chi connectivity index (χ3n) is 4.64. The first-order valence-electron chi connectivity index (χ1n) is 9.77. The van der Waals surface area contributed by atoms with E-state index in [0.29, 0.717) is 37.1 Å². The van der Waals surface area contributed by atoms with Gasteiger partial charge in [-0.2, -0.15) is 13.2 Å². The van der Waals surface area contributed by atoms with Crippen molar-refractivity contribution < 1.29 is 35.6 Å². The molecule has 13 heteroatoms. The lowest BCUT2D eigenvalue weighted by Gasteiger charge is -2.12. The van der Waals surface area contributed by atoms with Crippen LogP contribution in [0.25, 0.3) is 0 Å². The maximum absolute atomic E-state index is 13.3. The van der Waals surface area contributed by atoms with Crippen molar-refractivity contribution in [3.8, 4) is 0 Å². The van der Waals surface area contributed by atoms with Crippen molar-refractivity contribution in [3.05, 3.63) is 59.4 Å². The Balaban J connectivity index is 1.46. The number of alkyl halides is 3. The van der Waals surface area contributed by atoms with Crippen molar-refractivity contribution in [2.75, 3.05) is 17.2 Å². The molecule has 0 spiro atoms. The number of nitrogens with one attached hydrogen (secondary N) is 4. The highest BCUT2D eigenvalue weighted by Gasteiger charge is 2.37. The van der Waals surface area contributed by atoms with Crippen LogP contribution in [0.4, 0.5) is 38.5 Å². The van der Waals surface area contributed by atoms with Crippen LogP contribution in [-0.4, -0.2) is 32.3 Å². The zero-order valence-electron chi connectivity index (χ0n) is 17.0. The number of carbonyl (C=O) groups is 2. The Bertz CT molecular complexity index is 1130. The van der Waals surface area contributed by atoms with Gasteiger partial charge in [0.2, 0.25) is 10.0 Å². The van der Waals surface area contributed by atoms with E-state index in [1.165, 1.54) is 0 Å². The van der Waals surface area contributed by atoms with E-state index in [1.807, 2.05) is 4.72 Å². The molecule has 0 radical (unpaired) electrons. The van der Waals surface area contributed by atoms with Crippen molar-refractivity contribution in [2.24, 2.45) is 0 Å². The highest BCUT2D eigenvalue weighted by Crippen LogP contribution is 2.33. The van der Waals surface area contributed by atoms with Gasteiger partial charge in [-0.1, -0.05) is 12.1 Å². The first kappa shape index (κ1) is 24.3. The molecule has 0 aliphatic heterocycles. The fraction of sp³-hybridized carbons (Fsp3) is 0.300. The molecule has 0 bridgehead atoms. The van der Waals surface area contributed by atoms with E-state index in [-0.39, 0.29) is 12.2 Å². The van der Waals surface area contributed by atoms with Gasteiger partial charge in [0.1, 0.15) is 5.82 Å². The molecular weight excluding hydrogens is 468 g/mol. The topological polar surface area (TPSA) is 116 Å². The second-order valence-electron chi connectivity index (χ2n) is 7.32. The van der Waals surface area contributed by atoms with Crippen LogP contribution >= 0.6 is 0 Å². The second-order valence-corrected chi connectivity index (χ2v) is 9.28. The zero-order chi connectivity index (χ0) is 24.2. The van der Waals surface area contributed by atoms with Crippen LogP contribution in [0.1, 0.15) is 24.0 Å². The molecule has 2 aromatic carbocycles. The van der Waals surface area contributed by atoms with Gasteiger partial charge >= 0.3 is 18.2 Å². The summed E-state index contributed by atoms with van der Waals surface area (Å²) in [5, 5.41) is 6.58. The summed E-state index contributed by atoms with van der Waals surface area (Å²) >= 11 is 0. The maximum atomic E-state index is 13.3. The number of sulfonamides is 1. The average molecular weight is 488 g/mol. The van der Waals surface area contributed by atoms with E-state index in [2.05, 4.69) is 16.0 Å². The molecule has 0 saturated heterocycles. The summed E-state index contributed by atoms with van der Waals surface area (Å²) in [5.41, 5.74) is -0.599. The van der Waals surface area contributed by atoms with Crippen molar-refractivity contribution in [3.63, 3.8) is 0 Å². The molecule has 3 rings (SSSR count). The normalized spacial score (nSPS) is 13.8. The highest BCUT2D eigenvalue weighted by molar-refractivity contribution is 7.90. The van der Waals surface area contributed by atoms with Gasteiger partial charge in [0.05, 0.1) is 10.8 Å². The fourth-order valence-corrected chi connectivity index (χ4v) is 4.07. The average Bonchev–Trinajstić information content (AvgIpc) is 3.55. The molecule has 4 N–H and O–H groups in total. The van der Waals surface area contributed by atoms with Crippen LogP contribution in [0, 0.1) is 5.82 Å². The number of amides is 4. The minimum absolute atomic E-state index is 0.172. The van der Waals surface area contributed by atoms with Crippen LogP contribution in [0.15, 0.2) is 42.5 Å². The van der Waals surface area contributed by atoms with Gasteiger partial charge in [-0.25, -0.2) is 27.1 Å². The Labute approximate surface area is 186 Å². The molecule has 0 heterocycles. The number of benzene rings is 2. The van der Waals surface area contributed by atoms with Gasteiger partial charge in [0.15, 0.2) is 0 Å². The lowest BCUT2D eigenvalue weighted by Crippen LogP contribution is -2.41. The molecule has 4 amide bonds. The zero-order valence-corrected chi connectivity index (χ0v) is 17.8. The summed E-state index contributed by atoms with van der Waals surface area (Å²) in [6.07, 6.45) is -3.42. The van der Waals surface area contributed by atoms with Crippen molar-refractivity contribution in [1.29, 1.82) is 0 Å². The minimum Gasteiger partial charge on any atom is -0.337 e. The molecule has 0 unspecified atom stereocenters. The number of rotatable bonds is 7. The van der Waals surface area contributed by atoms with Gasteiger partial charge in [0, 0.05) is 17.9 Å². The predicted octanol–water partition coefficient (Wildman–Crippen LogP) is 3.82. The smallest absolute Gasteiger partial charge is 0.337 e. The van der Waals surface area contributed by atoms with Crippen LogP contribution < -0.4 is 20.7 Å². The molecule has 1 saturated carbocycles. The Morgan fingerprint density at radius 1 is 0.939 bits per heavy atom. The summed E-state index contributed by atoms with van der Waals surface area (Å²) in [4.78, 5) is 23.7. The number of urea groups is 2. The van der Waals surface area contributed by atoms with E-state index < -0.39 is 44.9 Å². The van der Waals surface area contributed by atoms with E-state index in [0.717, 1.165) is 11.6 Å². The standard InChI is InChI=1S/C20H20F4N4O4S/c21-17-8-5-14(11-16(17)20(22,23)24)27-19(30)26-13-3-1-12(2-4-13)9-10-25-18(29)28-33(31,32)15-6-7-15/h1-5,8,11,15H,6-7,9-10H2,(H2,25,28,29)(H2,26,27,30). The molecular formula is C20H20F4N4O4S. The minimum atomic E-state index is -4.89. The molecule has 0 atom stereocenters. The lowest BCUT2D eigenvalue weighted by molar-refractivity contribution is -0.139. The van der Waals surface area contributed by atoms with Crippen LogP contribution in [-0.2, 0) is 22.6 Å². The van der Waals surface area contributed by atoms with E-state index in [4.69, 9.17) is 0 Å². The summed E-state index contributed by atoms with van der Waals surface area (Å²) in [6, 6.07) is 6.87. The van der Waals surface area contributed by atoms with Crippen LogP contribution in [0.2, 0.25) is 0 Å². The maximum Gasteiger partial charge on any atom is 0.419 e. The number of anilines is 2. The quantitative estimate of drug-likeness (QED) is 0.444. The number of hydrogen-bond acceptors (Lipinski definition) is 4. The molecule has 1 aliphatic carbocycles. The molecule has 2 aromatic rings. The van der Waals surface area contributed by atoms with Crippen molar-refractivity contribution in [2.45, 2.75) is 30.7 Å². The predicted molar refractivity (Wildman–Crippen MR) is 113 cm³/mol. The number of halogens is 4. The fourth-order valence-electron chi connectivity index (χ4n) is 2.82. The summed E-state index contributed by atoms with van der Waals surface area (Å²) in [6.45, 7) is 0.172. The Morgan fingerprint density at radius 2 is 1.55 bits per heavy atom. The summed E-state index contributed by atoms with van der Waals surface area (Å²) in [7, 11) is -3.62. The van der Waals surface area contributed by atoms with Crippen LogP contribution in [0.5, 0.6) is 0 Å². The van der Waals surface area contributed by atoms with Gasteiger partial charge in [-0.3, -0.25) is 0 Å².